The number of likely N-dealkylation sites (N-methyl/N-ethyl adjacent to an activating group) is 1. The van der Waals surface area contributed by atoms with E-state index >= 15 is 0 Å². The molecule has 34 heavy (non-hydrogen) atoms. The van der Waals surface area contributed by atoms with Crippen LogP contribution in [0.2, 0.25) is 0 Å². The molecule has 0 radical (unpaired) electrons. The monoisotopic (exact) mass is 533 g/mol. The van der Waals surface area contributed by atoms with Gasteiger partial charge in [-0.1, -0.05) is 19.1 Å². The fraction of sp³-hybridized carbons (Fsp3) is 0.280. The summed E-state index contributed by atoms with van der Waals surface area (Å²) in [5, 5.41) is 5.09. The number of nitrogens with zero attached hydrogens (tertiary/aromatic N) is 2. The molecule has 0 spiro atoms. The van der Waals surface area contributed by atoms with E-state index in [9.17, 15) is 9.18 Å². The number of amides is 1. The Hall–Kier alpha value is -1.97. The minimum absolute atomic E-state index is 0. The predicted octanol–water partition coefficient (Wildman–Crippen LogP) is 7.08. The zero-order chi connectivity index (χ0) is 22.8. The molecule has 0 saturated carbocycles. The molecule has 1 aliphatic heterocycles. The van der Waals surface area contributed by atoms with Crippen molar-refractivity contribution < 1.29 is 9.18 Å². The predicted molar refractivity (Wildman–Crippen MR) is 145 cm³/mol. The molecule has 1 amide bonds. The molecular formula is C25H25ClFN3OS3. The Morgan fingerprint density at radius 1 is 1.18 bits per heavy atom. The highest BCUT2D eigenvalue weighted by atomic mass is 35.5. The number of anilines is 1. The molecule has 0 fully saturated rings. The van der Waals surface area contributed by atoms with Crippen molar-refractivity contribution in [2.24, 2.45) is 0 Å². The molecule has 0 saturated heterocycles. The first-order valence-electron chi connectivity index (χ1n) is 11.0. The van der Waals surface area contributed by atoms with Gasteiger partial charge in [-0.05, 0) is 54.9 Å². The summed E-state index contributed by atoms with van der Waals surface area (Å²) in [7, 11) is 0. The average molecular weight is 534 g/mol. The molecular weight excluding hydrogens is 509 g/mol. The Kier molecular flexibility index (Phi) is 8.26. The maximum absolute atomic E-state index is 13.1. The first-order valence-corrected chi connectivity index (χ1v) is 13.6. The highest BCUT2D eigenvalue weighted by Gasteiger charge is 2.27. The van der Waals surface area contributed by atoms with Gasteiger partial charge in [-0.15, -0.1) is 46.8 Å². The van der Waals surface area contributed by atoms with Crippen LogP contribution in [0.4, 0.5) is 9.39 Å². The van der Waals surface area contributed by atoms with E-state index in [4.69, 9.17) is 4.98 Å². The first-order chi connectivity index (χ1) is 16.1. The van der Waals surface area contributed by atoms with Crippen LogP contribution >= 0.6 is 46.8 Å². The van der Waals surface area contributed by atoms with E-state index in [1.807, 2.05) is 18.2 Å². The fourth-order valence-electron chi connectivity index (χ4n) is 4.00. The number of thiazole rings is 1. The third-order valence-electron chi connectivity index (χ3n) is 5.76. The Morgan fingerprint density at radius 3 is 2.74 bits per heavy atom. The van der Waals surface area contributed by atoms with Crippen LogP contribution in [0.1, 0.15) is 23.8 Å². The minimum atomic E-state index is -0.247. The molecule has 2 aromatic heterocycles. The number of hydrogen-bond acceptors (Lipinski definition) is 6. The van der Waals surface area contributed by atoms with Crippen molar-refractivity contribution >= 4 is 68.0 Å². The number of nitrogens with one attached hydrogen (secondary N) is 1. The van der Waals surface area contributed by atoms with Crippen molar-refractivity contribution in [3.8, 4) is 10.6 Å². The number of aromatic nitrogens is 1. The summed E-state index contributed by atoms with van der Waals surface area (Å²) >= 11 is 4.94. The standard InChI is InChI=1S/C25H24FN3OS3.ClH/c1-2-29-13-11-18-21(15-29)33-25(23(18)24-27-19-5-3-4-6-20(19)32-24)28-22(30)12-14-31-17-9-7-16(26)8-10-17;/h3-10H,2,11-15H2,1H3,(H,28,30);1H. The molecule has 1 aliphatic rings. The number of carbonyl (C=O) groups is 1. The van der Waals surface area contributed by atoms with Crippen molar-refractivity contribution in [1.29, 1.82) is 0 Å². The zero-order valence-corrected chi connectivity index (χ0v) is 21.9. The van der Waals surface area contributed by atoms with E-state index in [0.717, 1.165) is 56.7 Å². The fourth-order valence-corrected chi connectivity index (χ4v) is 7.27. The molecule has 9 heteroatoms. The lowest BCUT2D eigenvalue weighted by Crippen LogP contribution is -2.29. The topological polar surface area (TPSA) is 45.2 Å². The molecule has 3 heterocycles. The molecule has 178 valence electrons. The molecule has 4 nitrogen and oxygen atoms in total. The van der Waals surface area contributed by atoms with Crippen LogP contribution in [-0.4, -0.2) is 34.6 Å². The lowest BCUT2D eigenvalue weighted by atomic mass is 10.0. The molecule has 0 aliphatic carbocycles. The number of fused-ring (bicyclic) bond motifs is 2. The van der Waals surface area contributed by atoms with Crippen molar-refractivity contribution in [3.05, 3.63) is 64.8 Å². The van der Waals surface area contributed by atoms with Crippen LogP contribution in [0.25, 0.3) is 20.8 Å². The molecule has 0 bridgehead atoms. The highest BCUT2D eigenvalue weighted by Crippen LogP contribution is 2.45. The smallest absolute Gasteiger partial charge is 0.225 e. The van der Waals surface area contributed by atoms with Gasteiger partial charge in [-0.3, -0.25) is 9.69 Å². The van der Waals surface area contributed by atoms with Crippen molar-refractivity contribution in [2.75, 3.05) is 24.2 Å². The van der Waals surface area contributed by atoms with E-state index in [0.29, 0.717) is 12.2 Å². The van der Waals surface area contributed by atoms with Gasteiger partial charge in [0.1, 0.15) is 15.8 Å². The van der Waals surface area contributed by atoms with Crippen LogP contribution in [0.15, 0.2) is 53.4 Å². The van der Waals surface area contributed by atoms with Crippen molar-refractivity contribution in [1.82, 2.24) is 9.88 Å². The van der Waals surface area contributed by atoms with E-state index < -0.39 is 0 Å². The molecule has 2 aromatic carbocycles. The number of para-hydroxylation sites is 1. The van der Waals surface area contributed by atoms with Gasteiger partial charge in [0.15, 0.2) is 0 Å². The second-order valence-electron chi connectivity index (χ2n) is 7.91. The van der Waals surface area contributed by atoms with Gasteiger partial charge in [0.25, 0.3) is 0 Å². The molecule has 1 N–H and O–H groups in total. The molecule has 4 aromatic rings. The number of halogens is 2. The lowest BCUT2D eigenvalue weighted by Gasteiger charge is -2.25. The summed E-state index contributed by atoms with van der Waals surface area (Å²) in [5.74, 6) is 0.392. The van der Waals surface area contributed by atoms with Crippen molar-refractivity contribution in [3.63, 3.8) is 0 Å². The number of thiophene rings is 1. The summed E-state index contributed by atoms with van der Waals surface area (Å²) < 4.78 is 14.2. The molecule has 0 unspecified atom stereocenters. The van der Waals surface area contributed by atoms with Gasteiger partial charge in [0, 0.05) is 40.6 Å². The van der Waals surface area contributed by atoms with Gasteiger partial charge >= 0.3 is 0 Å². The van der Waals surface area contributed by atoms with Crippen LogP contribution in [0.3, 0.4) is 0 Å². The van der Waals surface area contributed by atoms with Crippen LogP contribution in [0, 0.1) is 5.82 Å². The number of benzene rings is 2. The number of hydrogen-bond donors (Lipinski definition) is 1. The highest BCUT2D eigenvalue weighted by molar-refractivity contribution is 7.99. The number of carbonyl (C=O) groups excluding carboxylic acids is 1. The van der Waals surface area contributed by atoms with Gasteiger partial charge < -0.3 is 5.32 Å². The average Bonchev–Trinajstić information content (AvgIpc) is 3.40. The Labute approximate surface area is 217 Å². The molecule has 5 rings (SSSR count). The summed E-state index contributed by atoms with van der Waals surface area (Å²) in [6, 6.07) is 14.6. The minimum Gasteiger partial charge on any atom is -0.317 e. The second kappa shape index (κ2) is 11.2. The van der Waals surface area contributed by atoms with E-state index in [1.165, 1.54) is 22.6 Å². The Morgan fingerprint density at radius 2 is 1.97 bits per heavy atom. The largest absolute Gasteiger partial charge is 0.317 e. The second-order valence-corrected chi connectivity index (χ2v) is 11.2. The first kappa shape index (κ1) is 25.1. The Bertz CT molecular complexity index is 1260. The van der Waals surface area contributed by atoms with Crippen LogP contribution in [0.5, 0.6) is 0 Å². The summed E-state index contributed by atoms with van der Waals surface area (Å²) in [5.41, 5.74) is 3.43. The maximum Gasteiger partial charge on any atom is 0.225 e. The quantitative estimate of drug-likeness (QED) is 0.258. The van der Waals surface area contributed by atoms with Gasteiger partial charge in [0.05, 0.1) is 10.2 Å². The Balaban J connectivity index is 0.00000274. The van der Waals surface area contributed by atoms with Gasteiger partial charge in [0.2, 0.25) is 5.91 Å². The SMILES string of the molecule is CCN1CCc2c(sc(NC(=O)CCSc3ccc(F)cc3)c2-c2nc3ccccc3s2)C1.Cl. The summed E-state index contributed by atoms with van der Waals surface area (Å²) in [4.78, 5) is 22.5. The lowest BCUT2D eigenvalue weighted by molar-refractivity contribution is -0.115. The molecule has 0 atom stereocenters. The third kappa shape index (κ3) is 5.47. The summed E-state index contributed by atoms with van der Waals surface area (Å²) in [6.45, 7) is 5.16. The van der Waals surface area contributed by atoms with Crippen LogP contribution < -0.4 is 5.32 Å². The van der Waals surface area contributed by atoms with Crippen LogP contribution in [-0.2, 0) is 17.8 Å². The van der Waals surface area contributed by atoms with E-state index in [2.05, 4.69) is 23.2 Å². The number of thioether (sulfide) groups is 1. The summed E-state index contributed by atoms with van der Waals surface area (Å²) in [6.07, 6.45) is 1.37. The van der Waals surface area contributed by atoms with Crippen molar-refractivity contribution in [2.45, 2.75) is 31.2 Å². The van der Waals surface area contributed by atoms with Gasteiger partial charge in [-0.25, -0.2) is 9.37 Å². The van der Waals surface area contributed by atoms with E-state index in [-0.39, 0.29) is 24.1 Å². The van der Waals surface area contributed by atoms with E-state index in [1.54, 1.807) is 46.6 Å². The number of rotatable bonds is 7. The zero-order valence-electron chi connectivity index (χ0n) is 18.7. The maximum atomic E-state index is 13.1. The third-order valence-corrected chi connectivity index (χ3v) is 8.96. The van der Waals surface area contributed by atoms with Gasteiger partial charge in [-0.2, -0.15) is 0 Å². The normalized spacial score (nSPS) is 13.5.